The Bertz CT molecular complexity index is 886. The molecule has 0 spiro atoms. The maximum absolute atomic E-state index is 12.3. The van der Waals surface area contributed by atoms with Crippen LogP contribution in [0.4, 0.5) is 0 Å². The van der Waals surface area contributed by atoms with Crippen LogP contribution in [0.1, 0.15) is 40.5 Å². The molecule has 0 aliphatic heterocycles. The molecule has 1 aliphatic rings. The van der Waals surface area contributed by atoms with Gasteiger partial charge in [0, 0.05) is 29.7 Å². The number of carbonyl (C=O) groups is 1. The molecule has 1 aliphatic carbocycles. The standard InChI is InChI=1S/C17H16N4OS/c22-16(15-10-14(19-20-15)13-6-7-13)18-17-21(8-9-23-17)11-12-4-2-1-3-5-12/h1-5,8-10,13H,6-7,11H2,(H,19,20). The van der Waals surface area contributed by atoms with Crippen LogP contribution >= 0.6 is 11.3 Å². The van der Waals surface area contributed by atoms with Crippen molar-refractivity contribution in [2.75, 3.05) is 0 Å². The van der Waals surface area contributed by atoms with E-state index in [-0.39, 0.29) is 5.91 Å². The van der Waals surface area contributed by atoms with E-state index < -0.39 is 0 Å². The molecule has 1 amide bonds. The summed E-state index contributed by atoms with van der Waals surface area (Å²) in [4.78, 5) is 17.2. The summed E-state index contributed by atoms with van der Waals surface area (Å²) in [6, 6.07) is 12.0. The smallest absolute Gasteiger partial charge is 0.300 e. The summed E-state index contributed by atoms with van der Waals surface area (Å²) in [7, 11) is 0. The highest BCUT2D eigenvalue weighted by Crippen LogP contribution is 2.38. The number of benzene rings is 1. The summed E-state index contributed by atoms with van der Waals surface area (Å²) in [6.07, 6.45) is 4.30. The zero-order valence-electron chi connectivity index (χ0n) is 12.5. The van der Waals surface area contributed by atoms with Crippen LogP contribution < -0.4 is 4.80 Å². The molecule has 3 aromatic rings. The first-order valence-electron chi connectivity index (χ1n) is 7.62. The third-order valence-electron chi connectivity index (χ3n) is 3.89. The predicted molar refractivity (Wildman–Crippen MR) is 88.3 cm³/mol. The zero-order valence-corrected chi connectivity index (χ0v) is 13.3. The first-order chi connectivity index (χ1) is 11.3. The van der Waals surface area contributed by atoms with Gasteiger partial charge in [0.1, 0.15) is 0 Å². The van der Waals surface area contributed by atoms with Gasteiger partial charge in [0.15, 0.2) is 10.5 Å². The number of nitrogens with one attached hydrogen (secondary N) is 1. The van der Waals surface area contributed by atoms with Crippen LogP contribution in [0, 0.1) is 0 Å². The van der Waals surface area contributed by atoms with Crippen molar-refractivity contribution in [1.82, 2.24) is 14.8 Å². The summed E-state index contributed by atoms with van der Waals surface area (Å²) in [5.41, 5.74) is 2.62. The van der Waals surface area contributed by atoms with E-state index in [0.29, 0.717) is 23.0 Å². The molecular weight excluding hydrogens is 308 g/mol. The first-order valence-corrected chi connectivity index (χ1v) is 8.50. The lowest BCUT2D eigenvalue weighted by Crippen LogP contribution is -2.17. The molecule has 5 nitrogen and oxygen atoms in total. The molecule has 1 N–H and O–H groups in total. The monoisotopic (exact) mass is 324 g/mol. The third kappa shape index (κ3) is 3.17. The van der Waals surface area contributed by atoms with Gasteiger partial charge in [-0.1, -0.05) is 30.3 Å². The highest BCUT2D eigenvalue weighted by atomic mass is 32.1. The number of amides is 1. The van der Waals surface area contributed by atoms with E-state index in [1.807, 2.05) is 40.4 Å². The quantitative estimate of drug-likeness (QED) is 0.802. The van der Waals surface area contributed by atoms with Gasteiger partial charge in [-0.15, -0.1) is 11.3 Å². The number of H-pyrrole nitrogens is 1. The molecule has 0 unspecified atom stereocenters. The minimum Gasteiger partial charge on any atom is -0.319 e. The van der Waals surface area contributed by atoms with Gasteiger partial charge in [0.05, 0.1) is 0 Å². The first kappa shape index (κ1) is 14.1. The number of carbonyl (C=O) groups excluding carboxylic acids is 1. The van der Waals surface area contributed by atoms with Gasteiger partial charge in [0.25, 0.3) is 5.91 Å². The van der Waals surface area contributed by atoms with E-state index in [9.17, 15) is 4.79 Å². The Hall–Kier alpha value is -2.47. The Morgan fingerprint density at radius 1 is 1.35 bits per heavy atom. The number of rotatable bonds is 4. The van der Waals surface area contributed by atoms with E-state index in [4.69, 9.17) is 0 Å². The molecule has 23 heavy (non-hydrogen) atoms. The van der Waals surface area contributed by atoms with Crippen LogP contribution in [0.3, 0.4) is 0 Å². The number of hydrogen-bond donors (Lipinski definition) is 1. The zero-order chi connectivity index (χ0) is 15.6. The number of thiazole rings is 1. The van der Waals surface area contributed by atoms with Crippen molar-refractivity contribution in [2.24, 2.45) is 4.99 Å². The minimum atomic E-state index is -0.294. The molecule has 1 saturated carbocycles. The summed E-state index contributed by atoms with van der Waals surface area (Å²) < 4.78 is 1.98. The molecule has 6 heteroatoms. The molecule has 0 radical (unpaired) electrons. The maximum atomic E-state index is 12.3. The van der Waals surface area contributed by atoms with Crippen molar-refractivity contribution in [2.45, 2.75) is 25.3 Å². The fourth-order valence-corrected chi connectivity index (χ4v) is 3.21. The topological polar surface area (TPSA) is 63.0 Å². The number of nitrogens with zero attached hydrogens (tertiary/aromatic N) is 3. The molecule has 0 bridgehead atoms. The largest absolute Gasteiger partial charge is 0.319 e. The summed E-state index contributed by atoms with van der Waals surface area (Å²) >= 11 is 1.45. The second-order valence-electron chi connectivity index (χ2n) is 5.70. The van der Waals surface area contributed by atoms with Crippen LogP contribution in [0.2, 0.25) is 0 Å². The average molecular weight is 324 g/mol. The highest BCUT2D eigenvalue weighted by molar-refractivity contribution is 7.07. The van der Waals surface area contributed by atoms with Crippen molar-refractivity contribution in [3.05, 3.63) is 69.7 Å². The van der Waals surface area contributed by atoms with Crippen LogP contribution in [-0.2, 0) is 6.54 Å². The molecule has 1 aromatic carbocycles. The maximum Gasteiger partial charge on any atom is 0.300 e. The lowest BCUT2D eigenvalue weighted by molar-refractivity contribution is 0.0993. The van der Waals surface area contributed by atoms with Crippen LogP contribution in [0.15, 0.2) is 53.0 Å². The van der Waals surface area contributed by atoms with E-state index >= 15 is 0 Å². The van der Waals surface area contributed by atoms with Crippen LogP contribution in [-0.4, -0.2) is 20.7 Å². The van der Waals surface area contributed by atoms with Gasteiger partial charge >= 0.3 is 0 Å². The Kier molecular flexibility index (Phi) is 3.67. The highest BCUT2D eigenvalue weighted by Gasteiger charge is 2.26. The van der Waals surface area contributed by atoms with Gasteiger partial charge < -0.3 is 4.57 Å². The van der Waals surface area contributed by atoms with E-state index in [1.165, 1.54) is 29.7 Å². The van der Waals surface area contributed by atoms with Gasteiger partial charge in [-0.3, -0.25) is 9.89 Å². The second-order valence-corrected chi connectivity index (χ2v) is 6.57. The van der Waals surface area contributed by atoms with Crippen molar-refractivity contribution >= 4 is 17.2 Å². The number of hydrogen-bond acceptors (Lipinski definition) is 3. The lowest BCUT2D eigenvalue weighted by Gasteiger charge is -2.02. The van der Waals surface area contributed by atoms with E-state index in [1.54, 1.807) is 0 Å². The van der Waals surface area contributed by atoms with Gasteiger partial charge in [0.2, 0.25) is 0 Å². The fourth-order valence-electron chi connectivity index (χ4n) is 2.48. The minimum absolute atomic E-state index is 0.294. The third-order valence-corrected chi connectivity index (χ3v) is 4.68. The Morgan fingerprint density at radius 3 is 2.96 bits per heavy atom. The molecule has 116 valence electrons. The average Bonchev–Trinajstić information content (AvgIpc) is 3.14. The Balaban J connectivity index is 1.58. The van der Waals surface area contributed by atoms with Gasteiger partial charge in [-0.25, -0.2) is 0 Å². The van der Waals surface area contributed by atoms with Crippen molar-refractivity contribution in [3.8, 4) is 0 Å². The lowest BCUT2D eigenvalue weighted by atomic mass is 10.2. The Morgan fingerprint density at radius 2 is 2.17 bits per heavy atom. The summed E-state index contributed by atoms with van der Waals surface area (Å²) in [6.45, 7) is 0.699. The van der Waals surface area contributed by atoms with Crippen LogP contribution in [0.5, 0.6) is 0 Å². The molecule has 2 heterocycles. The van der Waals surface area contributed by atoms with Crippen molar-refractivity contribution in [1.29, 1.82) is 0 Å². The van der Waals surface area contributed by atoms with E-state index in [0.717, 1.165) is 5.69 Å². The molecule has 0 atom stereocenters. The van der Waals surface area contributed by atoms with Gasteiger partial charge in [-0.2, -0.15) is 10.1 Å². The molecular formula is C17H16N4OS. The van der Waals surface area contributed by atoms with Crippen LogP contribution in [0.25, 0.3) is 0 Å². The summed E-state index contributed by atoms with van der Waals surface area (Å²) in [5.74, 6) is 0.256. The normalized spacial score (nSPS) is 15.0. The second kappa shape index (κ2) is 5.96. The molecule has 2 aromatic heterocycles. The molecule has 4 rings (SSSR count). The van der Waals surface area contributed by atoms with Gasteiger partial charge in [-0.05, 0) is 24.5 Å². The van der Waals surface area contributed by atoms with Crippen molar-refractivity contribution < 1.29 is 4.79 Å². The predicted octanol–water partition coefficient (Wildman–Crippen LogP) is 2.94. The SMILES string of the molecule is O=C(N=c1sccn1Cc1ccccc1)c1cc(C2CC2)[nH]n1. The fraction of sp³-hybridized carbons (Fsp3) is 0.235. The molecule has 0 saturated heterocycles. The van der Waals surface area contributed by atoms with Crippen molar-refractivity contribution in [3.63, 3.8) is 0 Å². The molecule has 1 fully saturated rings. The van der Waals surface area contributed by atoms with E-state index in [2.05, 4.69) is 27.3 Å². The summed E-state index contributed by atoms with van der Waals surface area (Å²) in [5, 5.41) is 8.99. The number of aromatic nitrogens is 3. The number of aromatic amines is 1. The Labute approximate surface area is 137 Å².